The molecule has 0 unspecified atom stereocenters. The van der Waals surface area contributed by atoms with Gasteiger partial charge in [-0.2, -0.15) is 0 Å². The Kier molecular flexibility index (Phi) is 5.91. The van der Waals surface area contributed by atoms with Crippen molar-refractivity contribution in [2.24, 2.45) is 0 Å². The summed E-state index contributed by atoms with van der Waals surface area (Å²) in [6.07, 6.45) is 4.13. The molecule has 1 heterocycles. The lowest BCUT2D eigenvalue weighted by atomic mass is 9.88. The van der Waals surface area contributed by atoms with E-state index in [2.05, 4.69) is 45.9 Å². The van der Waals surface area contributed by atoms with Crippen molar-refractivity contribution in [3.8, 4) is 45.4 Å². The summed E-state index contributed by atoms with van der Waals surface area (Å²) in [5.41, 5.74) is 6.35. The lowest BCUT2D eigenvalue weighted by molar-refractivity contribution is 0.270. The minimum atomic E-state index is -1.96. The van der Waals surface area contributed by atoms with Gasteiger partial charge in [0.15, 0.2) is 0 Å². The summed E-state index contributed by atoms with van der Waals surface area (Å²) in [5, 5.41) is 17.9. The van der Waals surface area contributed by atoms with Crippen LogP contribution in [-0.2, 0) is 4.65 Å². The van der Waals surface area contributed by atoms with E-state index < -0.39 is 7.32 Å². The van der Waals surface area contributed by atoms with Crippen LogP contribution in [0, 0.1) is 12.0 Å². The molecule has 0 saturated carbocycles. The van der Waals surface area contributed by atoms with E-state index in [9.17, 15) is 0 Å². The van der Waals surface area contributed by atoms with Crippen molar-refractivity contribution in [1.29, 1.82) is 0 Å². The highest BCUT2D eigenvalue weighted by atomic mass is 16.6. The Labute approximate surface area is 175 Å². The molecule has 0 amide bonds. The molecule has 4 aromatic rings. The van der Waals surface area contributed by atoms with Crippen LogP contribution in [0.15, 0.2) is 97.2 Å². The van der Waals surface area contributed by atoms with Crippen LogP contribution in [0.5, 0.6) is 0 Å². The summed E-state index contributed by atoms with van der Waals surface area (Å²) < 4.78 is 4.61. The number of benzene rings is 3. The minimum Gasteiger partial charge on any atom is -0.462 e. The summed E-state index contributed by atoms with van der Waals surface area (Å²) in [6, 6.07) is 30.0. The van der Waals surface area contributed by atoms with Crippen LogP contribution in [-0.4, -0.2) is 22.4 Å². The van der Waals surface area contributed by atoms with Gasteiger partial charge in [0.05, 0.1) is 0 Å². The number of pyridine rings is 1. The predicted octanol–water partition coefficient (Wildman–Crippen LogP) is 4.38. The average Bonchev–Trinajstić information content (AvgIpc) is 2.80. The van der Waals surface area contributed by atoms with Crippen LogP contribution in [0.25, 0.3) is 33.4 Å². The SMILES string of the molecule is OB(O)OC#Cc1ncc(-c2ccccc2)c(-c2ccccc2)c1-c1ccccc1. The van der Waals surface area contributed by atoms with E-state index in [4.69, 9.17) is 10.0 Å². The van der Waals surface area contributed by atoms with Gasteiger partial charge in [-0.05, 0) is 22.6 Å². The zero-order chi connectivity index (χ0) is 20.8. The zero-order valence-electron chi connectivity index (χ0n) is 16.1. The third kappa shape index (κ3) is 4.26. The van der Waals surface area contributed by atoms with Gasteiger partial charge < -0.3 is 14.7 Å². The second-order valence-corrected chi connectivity index (χ2v) is 6.54. The van der Waals surface area contributed by atoms with Crippen LogP contribution in [0.2, 0.25) is 0 Å². The van der Waals surface area contributed by atoms with Crippen LogP contribution >= 0.6 is 0 Å². The molecule has 0 atom stereocenters. The molecule has 0 saturated heterocycles. The lowest BCUT2D eigenvalue weighted by Crippen LogP contribution is -2.12. The van der Waals surface area contributed by atoms with E-state index in [0.29, 0.717) is 5.69 Å². The molecular formula is C25H18BNO3. The monoisotopic (exact) mass is 391 g/mol. The highest BCUT2D eigenvalue weighted by molar-refractivity contribution is 6.33. The molecule has 2 N–H and O–H groups in total. The molecular weight excluding hydrogens is 373 g/mol. The molecule has 0 aliphatic heterocycles. The normalized spacial score (nSPS) is 10.1. The maximum Gasteiger partial charge on any atom is 0.716 e. The maximum absolute atomic E-state index is 8.95. The summed E-state index contributed by atoms with van der Waals surface area (Å²) in [7, 11) is -1.96. The highest BCUT2D eigenvalue weighted by Gasteiger charge is 2.18. The first kappa shape index (κ1) is 19.5. The van der Waals surface area contributed by atoms with Crippen molar-refractivity contribution in [2.75, 3.05) is 0 Å². The number of hydrogen-bond acceptors (Lipinski definition) is 4. The molecule has 3 aromatic carbocycles. The van der Waals surface area contributed by atoms with Gasteiger partial charge in [-0.25, -0.2) is 4.98 Å². The minimum absolute atomic E-state index is 0.486. The summed E-state index contributed by atoms with van der Waals surface area (Å²) in [5.74, 6) is 2.83. The summed E-state index contributed by atoms with van der Waals surface area (Å²) in [6.45, 7) is 0. The first-order valence-electron chi connectivity index (χ1n) is 9.46. The van der Waals surface area contributed by atoms with E-state index in [1.807, 2.05) is 66.7 Å². The number of nitrogens with zero attached hydrogens (tertiary/aromatic N) is 1. The second kappa shape index (κ2) is 9.10. The van der Waals surface area contributed by atoms with Gasteiger partial charge in [0.2, 0.25) is 0 Å². The highest BCUT2D eigenvalue weighted by Crippen LogP contribution is 2.40. The van der Waals surface area contributed by atoms with Crippen molar-refractivity contribution in [1.82, 2.24) is 4.98 Å². The Balaban J connectivity index is 2.04. The number of rotatable bonds is 4. The van der Waals surface area contributed by atoms with Crippen LogP contribution in [0.3, 0.4) is 0 Å². The maximum atomic E-state index is 8.95. The van der Waals surface area contributed by atoms with Crippen molar-refractivity contribution < 1.29 is 14.7 Å². The molecule has 0 radical (unpaired) electrons. The summed E-state index contributed by atoms with van der Waals surface area (Å²) in [4.78, 5) is 4.60. The van der Waals surface area contributed by atoms with Crippen LogP contribution in [0.1, 0.15) is 5.69 Å². The van der Waals surface area contributed by atoms with E-state index in [0.717, 1.165) is 33.4 Å². The molecule has 4 nitrogen and oxygen atoms in total. The lowest BCUT2D eigenvalue weighted by Gasteiger charge is -2.17. The molecule has 4 rings (SSSR count). The van der Waals surface area contributed by atoms with Gasteiger partial charge in [0.1, 0.15) is 11.8 Å². The van der Waals surface area contributed by atoms with Crippen LogP contribution < -0.4 is 0 Å². The molecule has 0 aliphatic carbocycles. The number of hydrogen-bond donors (Lipinski definition) is 2. The van der Waals surface area contributed by atoms with Crippen molar-refractivity contribution in [3.05, 3.63) is 103 Å². The van der Waals surface area contributed by atoms with E-state index in [1.165, 1.54) is 0 Å². The van der Waals surface area contributed by atoms with Gasteiger partial charge >= 0.3 is 7.32 Å². The average molecular weight is 391 g/mol. The predicted molar refractivity (Wildman–Crippen MR) is 119 cm³/mol. The molecule has 1 aromatic heterocycles. The number of aromatic nitrogens is 1. The first-order chi connectivity index (χ1) is 14.7. The smallest absolute Gasteiger partial charge is 0.462 e. The second-order valence-electron chi connectivity index (χ2n) is 6.54. The van der Waals surface area contributed by atoms with E-state index >= 15 is 0 Å². The van der Waals surface area contributed by atoms with Crippen molar-refractivity contribution >= 4 is 7.32 Å². The molecule has 5 heteroatoms. The Morgan fingerprint density at radius 2 is 1.17 bits per heavy atom. The van der Waals surface area contributed by atoms with Gasteiger partial charge in [0.25, 0.3) is 0 Å². The first-order valence-corrected chi connectivity index (χ1v) is 9.46. The summed E-state index contributed by atoms with van der Waals surface area (Å²) >= 11 is 0. The molecule has 0 bridgehead atoms. The molecule has 30 heavy (non-hydrogen) atoms. The van der Waals surface area contributed by atoms with Gasteiger partial charge in [0, 0.05) is 22.9 Å². The van der Waals surface area contributed by atoms with Crippen molar-refractivity contribution in [3.63, 3.8) is 0 Å². The third-order valence-electron chi connectivity index (χ3n) is 4.62. The Morgan fingerprint density at radius 3 is 1.70 bits per heavy atom. The quantitative estimate of drug-likeness (QED) is 0.401. The topological polar surface area (TPSA) is 62.6 Å². The van der Waals surface area contributed by atoms with Gasteiger partial charge in [-0.15, -0.1) is 0 Å². The molecule has 0 fully saturated rings. The third-order valence-corrected chi connectivity index (χ3v) is 4.62. The van der Waals surface area contributed by atoms with Gasteiger partial charge in [-0.1, -0.05) is 91.0 Å². The molecule has 0 spiro atoms. The standard InChI is InChI=1S/C25H18BNO3/c28-26(29)30-17-16-23-25(21-14-8-3-9-15-21)24(20-12-6-2-7-13-20)22(18-27-23)19-10-4-1-5-11-19/h1-15,18,28-29H. The Morgan fingerprint density at radius 1 is 0.667 bits per heavy atom. The van der Waals surface area contributed by atoms with Crippen molar-refractivity contribution in [2.45, 2.75) is 0 Å². The fourth-order valence-corrected chi connectivity index (χ4v) is 3.36. The molecule has 144 valence electrons. The fraction of sp³-hybridized carbons (Fsp3) is 0. The Hall–Kier alpha value is -3.85. The molecule has 0 aliphatic rings. The Bertz CT molecular complexity index is 1180. The zero-order valence-corrected chi connectivity index (χ0v) is 16.1. The van der Waals surface area contributed by atoms with Gasteiger partial charge in [-0.3, -0.25) is 0 Å². The van der Waals surface area contributed by atoms with Crippen LogP contribution in [0.4, 0.5) is 0 Å². The van der Waals surface area contributed by atoms with E-state index in [1.54, 1.807) is 6.20 Å². The largest absolute Gasteiger partial charge is 0.716 e. The van der Waals surface area contributed by atoms with E-state index in [-0.39, 0.29) is 0 Å². The fourth-order valence-electron chi connectivity index (χ4n) is 3.36.